The summed E-state index contributed by atoms with van der Waals surface area (Å²) < 4.78 is 5.56. The molecule has 0 saturated heterocycles. The summed E-state index contributed by atoms with van der Waals surface area (Å²) in [5.41, 5.74) is 0.799. The number of nitrogens with zero attached hydrogens (tertiary/aromatic N) is 1. The second kappa shape index (κ2) is 6.36. The quantitative estimate of drug-likeness (QED) is 0.829. The fourth-order valence-electron chi connectivity index (χ4n) is 1.69. The predicted molar refractivity (Wildman–Crippen MR) is 73.5 cm³/mol. The van der Waals surface area contributed by atoms with Crippen molar-refractivity contribution in [2.75, 3.05) is 6.61 Å². The SMILES string of the molecule is O=C(O)c1cc(Cl)nc(Oc2ccccc2CCO)c1. The minimum atomic E-state index is -1.11. The molecular formula is C14H12ClNO4. The minimum Gasteiger partial charge on any atom is -0.478 e. The van der Waals surface area contributed by atoms with Crippen LogP contribution in [0.5, 0.6) is 11.6 Å². The number of carboxylic acid groups (broad SMARTS) is 1. The van der Waals surface area contributed by atoms with Crippen LogP contribution in [0.3, 0.4) is 0 Å². The van der Waals surface area contributed by atoms with Gasteiger partial charge in [0.1, 0.15) is 10.9 Å². The van der Waals surface area contributed by atoms with E-state index in [9.17, 15) is 4.79 Å². The number of aromatic carboxylic acids is 1. The Bertz CT molecular complexity index is 630. The molecule has 2 N–H and O–H groups in total. The highest BCUT2D eigenvalue weighted by atomic mass is 35.5. The lowest BCUT2D eigenvalue weighted by Crippen LogP contribution is -2.00. The molecule has 0 spiro atoms. The third-order valence-corrected chi connectivity index (χ3v) is 2.78. The van der Waals surface area contributed by atoms with Gasteiger partial charge in [-0.2, -0.15) is 0 Å². The first-order valence-corrected chi connectivity index (χ1v) is 6.25. The lowest BCUT2D eigenvalue weighted by atomic mass is 10.1. The molecule has 2 aromatic rings. The Labute approximate surface area is 120 Å². The molecule has 1 heterocycles. The summed E-state index contributed by atoms with van der Waals surface area (Å²) in [4.78, 5) is 14.9. The first kappa shape index (κ1) is 14.3. The molecule has 6 heteroatoms. The Morgan fingerprint density at radius 3 is 2.75 bits per heavy atom. The van der Waals surface area contributed by atoms with Gasteiger partial charge in [-0.1, -0.05) is 29.8 Å². The molecule has 0 atom stereocenters. The molecule has 1 aromatic carbocycles. The Morgan fingerprint density at radius 1 is 1.30 bits per heavy atom. The largest absolute Gasteiger partial charge is 0.478 e. The number of pyridine rings is 1. The monoisotopic (exact) mass is 293 g/mol. The van der Waals surface area contributed by atoms with Gasteiger partial charge in [0, 0.05) is 12.7 Å². The van der Waals surface area contributed by atoms with Crippen molar-refractivity contribution in [3.8, 4) is 11.6 Å². The first-order chi connectivity index (χ1) is 9.60. The van der Waals surface area contributed by atoms with Crippen molar-refractivity contribution in [2.45, 2.75) is 6.42 Å². The number of hydrogen-bond acceptors (Lipinski definition) is 4. The number of benzene rings is 1. The topological polar surface area (TPSA) is 79.7 Å². The number of ether oxygens (including phenoxy) is 1. The number of aliphatic hydroxyl groups excluding tert-OH is 1. The van der Waals surface area contributed by atoms with E-state index in [0.29, 0.717) is 12.2 Å². The standard InChI is InChI=1S/C14H12ClNO4/c15-12-7-10(14(18)19)8-13(16-12)20-11-4-2-1-3-9(11)5-6-17/h1-4,7-8,17H,5-6H2,(H,18,19). The number of rotatable bonds is 5. The summed E-state index contributed by atoms with van der Waals surface area (Å²) in [6.07, 6.45) is 0.433. The van der Waals surface area contributed by atoms with E-state index < -0.39 is 5.97 Å². The first-order valence-electron chi connectivity index (χ1n) is 5.87. The molecule has 0 saturated carbocycles. The summed E-state index contributed by atoms with van der Waals surface area (Å²) in [5.74, 6) is -0.504. The molecule has 0 aliphatic rings. The molecule has 0 unspecified atom stereocenters. The zero-order chi connectivity index (χ0) is 14.5. The van der Waals surface area contributed by atoms with Crippen LogP contribution in [0.4, 0.5) is 0 Å². The second-order valence-corrected chi connectivity index (χ2v) is 4.39. The van der Waals surface area contributed by atoms with E-state index in [0.717, 1.165) is 5.56 Å². The highest BCUT2D eigenvalue weighted by Gasteiger charge is 2.10. The maximum atomic E-state index is 11.0. The Balaban J connectivity index is 2.32. The fraction of sp³-hybridized carbons (Fsp3) is 0.143. The number of halogens is 1. The Hall–Kier alpha value is -2.11. The van der Waals surface area contributed by atoms with Crippen LogP contribution in [-0.4, -0.2) is 27.8 Å². The van der Waals surface area contributed by atoms with Crippen LogP contribution >= 0.6 is 11.6 Å². The predicted octanol–water partition coefficient (Wildman–Crippen LogP) is 2.76. The highest BCUT2D eigenvalue weighted by Crippen LogP contribution is 2.26. The maximum Gasteiger partial charge on any atom is 0.335 e. The molecule has 0 aliphatic heterocycles. The van der Waals surface area contributed by atoms with Crippen LogP contribution in [-0.2, 0) is 6.42 Å². The van der Waals surface area contributed by atoms with E-state index in [1.807, 2.05) is 12.1 Å². The van der Waals surface area contributed by atoms with Gasteiger partial charge >= 0.3 is 5.97 Å². The van der Waals surface area contributed by atoms with Crippen molar-refractivity contribution in [3.63, 3.8) is 0 Å². The summed E-state index contributed by atoms with van der Waals surface area (Å²) in [5, 5.41) is 18.0. The Kier molecular flexibility index (Phi) is 4.55. The third kappa shape index (κ3) is 3.46. The van der Waals surface area contributed by atoms with Crippen molar-refractivity contribution in [1.82, 2.24) is 4.98 Å². The van der Waals surface area contributed by atoms with E-state index in [1.165, 1.54) is 12.1 Å². The summed E-state index contributed by atoms with van der Waals surface area (Å²) in [6, 6.07) is 9.67. The molecule has 0 amide bonds. The van der Waals surface area contributed by atoms with E-state index in [1.54, 1.807) is 12.1 Å². The van der Waals surface area contributed by atoms with Gasteiger partial charge in [-0.3, -0.25) is 0 Å². The number of hydrogen-bond donors (Lipinski definition) is 2. The summed E-state index contributed by atoms with van der Waals surface area (Å²) >= 11 is 5.77. The molecule has 0 aliphatic carbocycles. The molecule has 0 fully saturated rings. The number of carbonyl (C=O) groups is 1. The number of carboxylic acids is 1. The van der Waals surface area contributed by atoms with Crippen LogP contribution < -0.4 is 4.74 Å². The van der Waals surface area contributed by atoms with Gasteiger partial charge in [0.25, 0.3) is 0 Å². The maximum absolute atomic E-state index is 11.0. The third-order valence-electron chi connectivity index (χ3n) is 2.59. The molecule has 20 heavy (non-hydrogen) atoms. The number of aliphatic hydroxyl groups is 1. The van der Waals surface area contributed by atoms with Gasteiger partial charge in [0.05, 0.1) is 5.56 Å². The molecule has 0 bridgehead atoms. The molecule has 2 rings (SSSR count). The molecule has 104 valence electrons. The van der Waals surface area contributed by atoms with Crippen LogP contribution in [0.15, 0.2) is 36.4 Å². The molecule has 5 nitrogen and oxygen atoms in total. The average Bonchev–Trinajstić information content (AvgIpc) is 2.40. The van der Waals surface area contributed by atoms with Crippen molar-refractivity contribution >= 4 is 17.6 Å². The minimum absolute atomic E-state index is 0.000334. The van der Waals surface area contributed by atoms with Crippen LogP contribution in [0.25, 0.3) is 0 Å². The zero-order valence-corrected chi connectivity index (χ0v) is 11.2. The number of aromatic nitrogens is 1. The molecule has 1 aromatic heterocycles. The van der Waals surface area contributed by atoms with Gasteiger partial charge < -0.3 is 14.9 Å². The van der Waals surface area contributed by atoms with Crippen molar-refractivity contribution in [3.05, 3.63) is 52.7 Å². The lowest BCUT2D eigenvalue weighted by molar-refractivity contribution is 0.0696. The number of para-hydroxylation sites is 1. The summed E-state index contributed by atoms with van der Waals surface area (Å²) in [7, 11) is 0. The molecule has 0 radical (unpaired) electrons. The van der Waals surface area contributed by atoms with Crippen molar-refractivity contribution in [2.24, 2.45) is 0 Å². The average molecular weight is 294 g/mol. The van der Waals surface area contributed by atoms with Crippen molar-refractivity contribution in [1.29, 1.82) is 0 Å². The van der Waals surface area contributed by atoms with Crippen molar-refractivity contribution < 1.29 is 19.7 Å². The normalized spacial score (nSPS) is 10.3. The lowest BCUT2D eigenvalue weighted by Gasteiger charge is -2.10. The van der Waals surface area contributed by atoms with Gasteiger partial charge in [-0.15, -0.1) is 0 Å². The van der Waals surface area contributed by atoms with Gasteiger partial charge in [-0.05, 0) is 24.1 Å². The fourth-order valence-corrected chi connectivity index (χ4v) is 1.89. The van der Waals surface area contributed by atoms with E-state index >= 15 is 0 Å². The van der Waals surface area contributed by atoms with Crippen LogP contribution in [0.1, 0.15) is 15.9 Å². The van der Waals surface area contributed by atoms with E-state index in [4.69, 9.17) is 26.6 Å². The summed E-state index contributed by atoms with van der Waals surface area (Å²) in [6.45, 7) is -0.0102. The van der Waals surface area contributed by atoms with Crippen LogP contribution in [0, 0.1) is 0 Å². The highest BCUT2D eigenvalue weighted by molar-refractivity contribution is 6.29. The van der Waals surface area contributed by atoms with Gasteiger partial charge in [-0.25, -0.2) is 9.78 Å². The molecular weight excluding hydrogens is 282 g/mol. The zero-order valence-electron chi connectivity index (χ0n) is 10.4. The second-order valence-electron chi connectivity index (χ2n) is 4.01. The van der Waals surface area contributed by atoms with Gasteiger partial charge in [0.2, 0.25) is 5.88 Å². The van der Waals surface area contributed by atoms with Gasteiger partial charge in [0.15, 0.2) is 0 Å². The Morgan fingerprint density at radius 2 is 2.05 bits per heavy atom. The van der Waals surface area contributed by atoms with E-state index in [2.05, 4.69) is 4.98 Å². The van der Waals surface area contributed by atoms with E-state index in [-0.39, 0.29) is 23.2 Å². The van der Waals surface area contributed by atoms with Crippen LogP contribution in [0.2, 0.25) is 5.15 Å². The smallest absolute Gasteiger partial charge is 0.335 e.